The Hall–Kier alpha value is -6.77. The number of phenols is 1. The van der Waals surface area contributed by atoms with Gasteiger partial charge in [0, 0.05) is 38.8 Å². The molecule has 21 nitrogen and oxygen atoms in total. The Labute approximate surface area is 420 Å². The Morgan fingerprint density at radius 1 is 0.847 bits per heavy atom. The second-order valence-corrected chi connectivity index (χ2v) is 20.2. The van der Waals surface area contributed by atoms with E-state index in [2.05, 4.69) is 31.9 Å². The van der Waals surface area contributed by atoms with Crippen LogP contribution in [0.3, 0.4) is 0 Å². The molecule has 2 aromatic carbocycles. The zero-order chi connectivity index (χ0) is 53.2. The van der Waals surface area contributed by atoms with Gasteiger partial charge in [0.2, 0.25) is 41.4 Å². The highest BCUT2D eigenvalue weighted by atomic mass is 16.5. The lowest BCUT2D eigenvalue weighted by Crippen LogP contribution is -2.65. The van der Waals surface area contributed by atoms with Crippen LogP contribution in [-0.4, -0.2) is 141 Å². The van der Waals surface area contributed by atoms with Crippen molar-refractivity contribution >= 4 is 53.4 Å². The van der Waals surface area contributed by atoms with Crippen molar-refractivity contribution in [3.8, 4) is 5.75 Å². The summed E-state index contributed by atoms with van der Waals surface area (Å²) < 4.78 is 5.99. The maximum absolute atomic E-state index is 15.1. The van der Waals surface area contributed by atoms with Crippen LogP contribution in [0.5, 0.6) is 5.75 Å². The minimum atomic E-state index is -1.71. The quantitative estimate of drug-likeness (QED) is 0.0644. The minimum absolute atomic E-state index is 0.0197. The van der Waals surface area contributed by atoms with Crippen molar-refractivity contribution in [2.24, 2.45) is 29.4 Å². The van der Waals surface area contributed by atoms with E-state index in [4.69, 9.17) is 10.5 Å². The van der Waals surface area contributed by atoms with Crippen LogP contribution in [0.15, 0.2) is 54.6 Å². The van der Waals surface area contributed by atoms with Crippen molar-refractivity contribution in [2.45, 2.75) is 154 Å². The predicted molar refractivity (Wildman–Crippen MR) is 263 cm³/mol. The van der Waals surface area contributed by atoms with Crippen LogP contribution in [0.1, 0.15) is 98.1 Å². The van der Waals surface area contributed by atoms with Crippen molar-refractivity contribution in [2.75, 3.05) is 13.6 Å². The summed E-state index contributed by atoms with van der Waals surface area (Å²) in [7, 11) is 1.39. The number of hydrogen-bond acceptors (Lipinski definition) is 12. The van der Waals surface area contributed by atoms with E-state index >= 15 is 4.79 Å². The number of ether oxygens (including phenoxy) is 1. The number of nitrogens with zero attached hydrogens (tertiary/aromatic N) is 2. The molecule has 9 amide bonds. The molecule has 2 bridgehead atoms. The molecule has 6 rings (SSSR count). The van der Waals surface area contributed by atoms with E-state index in [1.165, 1.54) is 31.0 Å². The van der Waals surface area contributed by atoms with E-state index in [9.17, 15) is 48.6 Å². The molecule has 4 aliphatic rings. The number of nitrogens with two attached hydrogens (primary N) is 1. The van der Waals surface area contributed by atoms with Crippen LogP contribution in [0.2, 0.25) is 0 Å². The summed E-state index contributed by atoms with van der Waals surface area (Å²) in [4.78, 5) is 129. The van der Waals surface area contributed by atoms with Gasteiger partial charge in [0.05, 0.1) is 11.5 Å². The molecule has 10 N–H and O–H groups in total. The summed E-state index contributed by atoms with van der Waals surface area (Å²) in [6, 6.07) is 5.71. The van der Waals surface area contributed by atoms with Gasteiger partial charge in [-0.2, -0.15) is 0 Å². The fraction of sp³-hybridized carbons (Fsp3) is 0.588. The molecule has 4 fully saturated rings. The molecular formula is C51H73N9O12. The number of piperidine rings is 1. The summed E-state index contributed by atoms with van der Waals surface area (Å²) in [5, 5.41) is 38.3. The number of amides is 9. The molecule has 11 atom stereocenters. The van der Waals surface area contributed by atoms with Crippen LogP contribution in [-0.2, 0) is 55.9 Å². The van der Waals surface area contributed by atoms with Gasteiger partial charge in [-0.3, -0.25) is 33.6 Å². The molecule has 1 spiro atoms. The molecule has 0 aromatic heterocycles. The number of rotatable bonds is 16. The topological polar surface area (TPSA) is 308 Å². The number of primary amides is 1. The van der Waals surface area contributed by atoms with Gasteiger partial charge in [-0.15, -0.1) is 0 Å². The minimum Gasteiger partial charge on any atom is -0.508 e. The molecule has 1 saturated carbocycles. The van der Waals surface area contributed by atoms with E-state index < -0.39 is 125 Å². The number of phenolic OH excluding ortho intramolecular Hbond substituents is 1. The molecule has 394 valence electrons. The van der Waals surface area contributed by atoms with Crippen LogP contribution in [0, 0.1) is 23.7 Å². The van der Waals surface area contributed by atoms with Gasteiger partial charge in [0.1, 0.15) is 54.3 Å². The van der Waals surface area contributed by atoms with Gasteiger partial charge in [0.25, 0.3) is 0 Å². The second kappa shape index (κ2) is 24.6. The molecule has 72 heavy (non-hydrogen) atoms. The number of nitrogens with one attached hydrogen (secondary N) is 6. The molecule has 3 saturated heterocycles. The third kappa shape index (κ3) is 14.2. The highest BCUT2D eigenvalue weighted by Gasteiger charge is 2.66. The number of carbonyl (C=O) groups excluding carboxylic acids is 9. The van der Waals surface area contributed by atoms with Gasteiger partial charge in [0.15, 0.2) is 0 Å². The SMILES string of the molecule is CC[C@@H](C)C1NC(=O)C(Cc2ccc(O)cc2)N(C)C(=O)C(Cc2ccccc2)N2C(=O)C3CC3(C[C@@H]2O)NC(=O)C(CC(C)C)NC(=O)[C@@H](NC(=O)[C@H](CCCNC(N)=O)NC(=O)C(C)C)C(C)OC1=O. The fourth-order valence-electron chi connectivity index (χ4n) is 9.26. The van der Waals surface area contributed by atoms with Gasteiger partial charge < -0.3 is 62.4 Å². The zero-order valence-electron chi connectivity index (χ0n) is 42.4. The molecule has 2 aromatic rings. The number of aromatic hydroxyl groups is 1. The monoisotopic (exact) mass is 1000 g/mol. The Morgan fingerprint density at radius 2 is 1.49 bits per heavy atom. The predicted octanol–water partition coefficient (Wildman–Crippen LogP) is 0.880. The van der Waals surface area contributed by atoms with Gasteiger partial charge >= 0.3 is 12.0 Å². The maximum atomic E-state index is 15.1. The third-order valence-corrected chi connectivity index (χ3v) is 13.8. The molecular weight excluding hydrogens is 931 g/mol. The second-order valence-electron chi connectivity index (χ2n) is 20.2. The lowest BCUT2D eigenvalue weighted by atomic mass is 9.94. The van der Waals surface area contributed by atoms with Gasteiger partial charge in [-0.05, 0) is 67.7 Å². The average molecular weight is 1000 g/mol. The first-order valence-electron chi connectivity index (χ1n) is 24.8. The normalized spacial score (nSPS) is 27.2. The summed E-state index contributed by atoms with van der Waals surface area (Å²) in [5.74, 6) is -8.33. The first kappa shape index (κ1) is 56.1. The Kier molecular flexibility index (Phi) is 19.2. The smallest absolute Gasteiger partial charge is 0.329 e. The first-order valence-corrected chi connectivity index (χ1v) is 24.8. The van der Waals surface area contributed by atoms with E-state index in [1.54, 1.807) is 70.2 Å². The summed E-state index contributed by atoms with van der Waals surface area (Å²) in [6.07, 6.45) is -2.75. The Morgan fingerprint density at radius 3 is 2.10 bits per heavy atom. The number of carbonyl (C=O) groups is 9. The average Bonchev–Trinajstić information content (AvgIpc) is 4.04. The van der Waals surface area contributed by atoms with E-state index in [-0.39, 0.29) is 63.2 Å². The van der Waals surface area contributed by atoms with Crippen LogP contribution in [0.4, 0.5) is 4.79 Å². The number of benzene rings is 2. The van der Waals surface area contributed by atoms with Crippen molar-refractivity contribution in [1.82, 2.24) is 41.7 Å². The number of urea groups is 1. The summed E-state index contributed by atoms with van der Waals surface area (Å²) in [5.41, 5.74) is 5.16. The van der Waals surface area contributed by atoms with E-state index in [1.807, 2.05) is 13.8 Å². The molecule has 3 aliphatic heterocycles. The number of aliphatic hydroxyl groups excluding tert-OH is 1. The molecule has 0 radical (unpaired) electrons. The Balaban J connectivity index is 1.61. The summed E-state index contributed by atoms with van der Waals surface area (Å²) in [6.45, 7) is 11.7. The van der Waals surface area contributed by atoms with Gasteiger partial charge in [-0.1, -0.05) is 90.4 Å². The first-order chi connectivity index (χ1) is 34.0. The van der Waals surface area contributed by atoms with Crippen molar-refractivity contribution in [1.29, 1.82) is 0 Å². The van der Waals surface area contributed by atoms with E-state index in [0.29, 0.717) is 17.5 Å². The Bertz CT molecular complexity index is 2300. The molecule has 3 heterocycles. The van der Waals surface area contributed by atoms with Crippen molar-refractivity contribution in [3.05, 3.63) is 65.7 Å². The largest absolute Gasteiger partial charge is 0.508 e. The summed E-state index contributed by atoms with van der Waals surface area (Å²) >= 11 is 0. The van der Waals surface area contributed by atoms with Crippen LogP contribution >= 0.6 is 0 Å². The number of fused-ring (bicyclic) bond motifs is 16. The molecule has 1 aliphatic carbocycles. The van der Waals surface area contributed by atoms with Crippen LogP contribution < -0.4 is 37.6 Å². The number of likely N-dealkylation sites (N-methyl/N-ethyl adjacent to an activating group) is 1. The third-order valence-electron chi connectivity index (χ3n) is 13.8. The number of esters is 1. The number of hydrogen-bond donors (Lipinski definition) is 9. The lowest BCUT2D eigenvalue weighted by molar-refractivity contribution is -0.165. The standard InChI is InChI=1S/C51H73N9O12/c1-9-29(6)40-49(70)72-30(7)41(57-43(64)35(54-42(63)28(4)5)16-13-21-53-50(52)71)46(67)55-36(22-27(2)3)44(65)58-51-25-34(51)47(68)60(39(62)26-51)38(24-31-14-11-10-12-15-31)48(69)59(8)37(45(66)56-40)23-32-17-19-33(61)20-18-32/h10-12,14-15,17-20,27-30,34-41,61-62H,9,13,16,21-26H2,1-8H3,(H,54,63)(H,55,67)(H,56,66)(H,57,64)(H,58,65)(H3,52,53,71)/t29-,30?,34?,35+,36?,37?,38?,39+,40?,41+,51?/m1/s1. The van der Waals surface area contributed by atoms with Crippen LogP contribution in [0.25, 0.3) is 0 Å². The molecule has 7 unspecified atom stereocenters. The lowest BCUT2D eigenvalue weighted by Gasteiger charge is -2.42. The zero-order valence-corrected chi connectivity index (χ0v) is 42.4. The van der Waals surface area contributed by atoms with E-state index in [0.717, 1.165) is 4.90 Å². The number of aliphatic hydroxyl groups is 1. The highest BCUT2D eigenvalue weighted by Crippen LogP contribution is 2.52. The highest BCUT2D eigenvalue weighted by molar-refractivity contribution is 5.98. The molecule has 21 heteroatoms. The van der Waals surface area contributed by atoms with Crippen molar-refractivity contribution < 1.29 is 58.1 Å². The fourth-order valence-corrected chi connectivity index (χ4v) is 9.26. The van der Waals surface area contributed by atoms with Crippen molar-refractivity contribution in [3.63, 3.8) is 0 Å². The maximum Gasteiger partial charge on any atom is 0.329 e. The van der Waals surface area contributed by atoms with Gasteiger partial charge in [-0.25, -0.2) is 9.59 Å².